The average molecular weight is 161 g/mol. The van der Waals surface area contributed by atoms with Crippen molar-refractivity contribution in [2.24, 2.45) is 4.99 Å². The number of carbonyl (C=O) groups excluding carboxylic acids is 1. The van der Waals surface area contributed by atoms with E-state index >= 15 is 0 Å². The maximum Gasteiger partial charge on any atom is 0.313 e. The third kappa shape index (κ3) is 5.69. The number of amides is 1. The van der Waals surface area contributed by atoms with E-state index in [0.29, 0.717) is 0 Å². The number of thiocarbonyl (C=S) groups is 1. The van der Waals surface area contributed by atoms with Crippen molar-refractivity contribution in [3.63, 3.8) is 0 Å². The van der Waals surface area contributed by atoms with Crippen LogP contribution in [0.4, 0.5) is 4.79 Å². The first kappa shape index (κ1) is 8.82. The largest absolute Gasteiger partial charge is 0.313 e. The molecule has 0 unspecified atom stereocenters. The lowest BCUT2D eigenvalue weighted by molar-refractivity contribution is 0.267. The Labute approximate surface area is 63.7 Å². The Balaban J connectivity index is 3.39. The second-order valence-corrected chi connectivity index (χ2v) is 2.55. The van der Waals surface area contributed by atoms with Crippen molar-refractivity contribution in [3.05, 3.63) is 0 Å². The van der Waals surface area contributed by atoms with Crippen LogP contribution in [0.25, 0.3) is 0 Å². The van der Waals surface area contributed by atoms with Crippen molar-refractivity contribution in [3.8, 4) is 0 Å². The molecule has 0 fully saturated rings. The van der Waals surface area contributed by atoms with Crippen molar-refractivity contribution in [1.29, 1.82) is 0 Å². The van der Waals surface area contributed by atoms with Gasteiger partial charge in [0.25, 0.3) is 0 Å². The van der Waals surface area contributed by atoms with Crippen LogP contribution in [-0.2, 0) is 0 Å². The van der Waals surface area contributed by atoms with Crippen molar-refractivity contribution < 1.29 is 4.79 Å². The van der Waals surface area contributed by atoms with Crippen LogP contribution >= 0.6 is 24.0 Å². The van der Waals surface area contributed by atoms with E-state index in [0.717, 1.165) is 12.2 Å². The molecule has 0 heterocycles. The SMILES string of the molecule is CCCSC(=O)N=C=S. The molecule has 0 aliphatic heterocycles. The predicted molar refractivity (Wildman–Crippen MR) is 43.2 cm³/mol. The Kier molecular flexibility index (Phi) is 5.83. The smallest absolute Gasteiger partial charge is 0.259 e. The molecule has 0 rings (SSSR count). The van der Waals surface area contributed by atoms with E-state index in [9.17, 15) is 4.79 Å². The summed E-state index contributed by atoms with van der Waals surface area (Å²) in [6.07, 6.45) is 0.976. The molecule has 0 bridgehead atoms. The topological polar surface area (TPSA) is 29.4 Å². The summed E-state index contributed by atoms with van der Waals surface area (Å²) in [5.41, 5.74) is 0. The molecule has 0 spiro atoms. The third-order valence-corrected chi connectivity index (χ3v) is 1.61. The number of aliphatic imine (C=N–C) groups is 1. The first-order valence-corrected chi connectivity index (χ1v) is 3.95. The van der Waals surface area contributed by atoms with Crippen LogP contribution in [0.5, 0.6) is 0 Å². The highest BCUT2D eigenvalue weighted by atomic mass is 32.2. The molecule has 0 saturated carbocycles. The van der Waals surface area contributed by atoms with Gasteiger partial charge in [0.15, 0.2) is 0 Å². The van der Waals surface area contributed by atoms with E-state index in [1.807, 2.05) is 12.1 Å². The molecule has 0 aromatic carbocycles. The molecule has 0 atom stereocenters. The highest BCUT2D eigenvalue weighted by molar-refractivity contribution is 8.13. The molecule has 0 aliphatic rings. The van der Waals surface area contributed by atoms with Gasteiger partial charge in [-0.3, -0.25) is 4.79 Å². The second kappa shape index (κ2) is 5.95. The Morgan fingerprint density at radius 2 is 2.56 bits per heavy atom. The van der Waals surface area contributed by atoms with E-state index in [-0.39, 0.29) is 5.24 Å². The van der Waals surface area contributed by atoms with E-state index < -0.39 is 0 Å². The van der Waals surface area contributed by atoms with Crippen LogP contribution in [0.2, 0.25) is 0 Å². The van der Waals surface area contributed by atoms with Gasteiger partial charge in [-0.15, -0.1) is 4.99 Å². The van der Waals surface area contributed by atoms with E-state index in [1.165, 1.54) is 11.8 Å². The second-order valence-electron chi connectivity index (χ2n) is 1.32. The normalized spacial score (nSPS) is 8.11. The van der Waals surface area contributed by atoms with E-state index in [1.54, 1.807) is 0 Å². The Morgan fingerprint density at radius 3 is 3.00 bits per heavy atom. The lowest BCUT2D eigenvalue weighted by atomic mass is 10.6. The van der Waals surface area contributed by atoms with Gasteiger partial charge in [0.2, 0.25) is 0 Å². The molecule has 0 radical (unpaired) electrons. The molecule has 1 amide bonds. The maximum absolute atomic E-state index is 10.5. The van der Waals surface area contributed by atoms with Crippen LogP contribution in [-0.4, -0.2) is 16.2 Å². The minimum atomic E-state index is -0.244. The first-order valence-electron chi connectivity index (χ1n) is 2.56. The summed E-state index contributed by atoms with van der Waals surface area (Å²) in [7, 11) is 0. The number of hydrogen-bond donors (Lipinski definition) is 0. The highest BCUT2D eigenvalue weighted by Crippen LogP contribution is 2.04. The zero-order chi connectivity index (χ0) is 7.11. The van der Waals surface area contributed by atoms with Gasteiger partial charge in [-0.2, -0.15) is 0 Å². The molecular formula is C5H7NOS2. The molecule has 0 aromatic heterocycles. The maximum atomic E-state index is 10.5. The summed E-state index contributed by atoms with van der Waals surface area (Å²) in [6.45, 7) is 2.00. The first-order chi connectivity index (χ1) is 4.31. The fraction of sp³-hybridized carbons (Fsp3) is 0.600. The number of thioether (sulfide) groups is 1. The number of isothiocyanates is 1. The summed E-state index contributed by atoms with van der Waals surface area (Å²) in [5, 5.41) is 1.77. The molecule has 50 valence electrons. The standard InChI is InChI=1S/C5H7NOS2/c1-2-3-9-5(7)6-4-8/h2-3H2,1H3. The van der Waals surface area contributed by atoms with E-state index in [2.05, 4.69) is 17.2 Å². The lowest BCUT2D eigenvalue weighted by Gasteiger charge is -1.86. The minimum Gasteiger partial charge on any atom is -0.259 e. The predicted octanol–water partition coefficient (Wildman–Crippen LogP) is 2.35. The fourth-order valence-corrected chi connectivity index (χ4v) is 0.889. The molecule has 4 heteroatoms. The number of carbonyl (C=O) groups is 1. The highest BCUT2D eigenvalue weighted by Gasteiger charge is 1.94. The van der Waals surface area contributed by atoms with Crippen molar-refractivity contribution >= 4 is 34.4 Å². The third-order valence-electron chi connectivity index (χ3n) is 0.567. The summed E-state index contributed by atoms with van der Waals surface area (Å²) in [4.78, 5) is 13.7. The summed E-state index contributed by atoms with van der Waals surface area (Å²) in [5.74, 6) is 0.805. The zero-order valence-corrected chi connectivity index (χ0v) is 6.72. The monoisotopic (exact) mass is 161 g/mol. The molecule has 9 heavy (non-hydrogen) atoms. The Hall–Kier alpha value is -0.180. The summed E-state index contributed by atoms with van der Waals surface area (Å²) >= 11 is 5.39. The van der Waals surface area contributed by atoms with Crippen LogP contribution < -0.4 is 0 Å². The zero-order valence-electron chi connectivity index (χ0n) is 5.09. The molecule has 2 nitrogen and oxygen atoms in total. The molecule has 0 saturated heterocycles. The van der Waals surface area contributed by atoms with Crippen molar-refractivity contribution in [1.82, 2.24) is 0 Å². The van der Waals surface area contributed by atoms with Crippen LogP contribution in [0.1, 0.15) is 13.3 Å². The van der Waals surface area contributed by atoms with E-state index in [4.69, 9.17) is 0 Å². The quantitative estimate of drug-likeness (QED) is 0.460. The van der Waals surface area contributed by atoms with Gasteiger partial charge in [-0.05, 0) is 18.6 Å². The van der Waals surface area contributed by atoms with Crippen LogP contribution in [0.15, 0.2) is 4.99 Å². The van der Waals surface area contributed by atoms with Crippen molar-refractivity contribution in [2.45, 2.75) is 13.3 Å². The number of hydrogen-bond acceptors (Lipinski definition) is 3. The van der Waals surface area contributed by atoms with Gasteiger partial charge in [0.05, 0.1) is 5.16 Å². The molecular weight excluding hydrogens is 154 g/mol. The Bertz CT molecular complexity index is 140. The van der Waals surface area contributed by atoms with Gasteiger partial charge in [0, 0.05) is 5.75 Å². The van der Waals surface area contributed by atoms with Gasteiger partial charge in [0.1, 0.15) is 0 Å². The fourth-order valence-electron chi connectivity index (χ4n) is 0.259. The molecule has 0 aromatic rings. The van der Waals surface area contributed by atoms with Gasteiger partial charge < -0.3 is 0 Å². The van der Waals surface area contributed by atoms with Gasteiger partial charge in [-0.25, -0.2) is 0 Å². The average Bonchev–Trinajstić information content (AvgIpc) is 1.85. The summed E-state index contributed by atoms with van der Waals surface area (Å²) < 4.78 is 0. The number of nitrogens with zero attached hydrogens (tertiary/aromatic N) is 1. The molecule has 0 aliphatic carbocycles. The minimum absolute atomic E-state index is 0.244. The number of rotatable bonds is 2. The Morgan fingerprint density at radius 1 is 1.89 bits per heavy atom. The molecule has 0 N–H and O–H groups in total. The van der Waals surface area contributed by atoms with Crippen LogP contribution in [0.3, 0.4) is 0 Å². The van der Waals surface area contributed by atoms with Crippen molar-refractivity contribution in [2.75, 3.05) is 5.75 Å². The lowest BCUT2D eigenvalue weighted by Crippen LogP contribution is -1.82. The summed E-state index contributed by atoms with van der Waals surface area (Å²) in [6, 6.07) is 0. The van der Waals surface area contributed by atoms with Crippen LogP contribution in [0, 0.1) is 0 Å². The van der Waals surface area contributed by atoms with Gasteiger partial charge in [-0.1, -0.05) is 18.7 Å². The van der Waals surface area contributed by atoms with Gasteiger partial charge >= 0.3 is 5.24 Å².